The number of methoxy groups -OCH3 is 1. The molecule has 0 bridgehead atoms. The average Bonchev–Trinajstić information content (AvgIpc) is 3.94. The quantitative estimate of drug-likeness (QED) is 0.174. The van der Waals surface area contributed by atoms with Crippen LogP contribution in [0.1, 0.15) is 53.2 Å². The first-order valence-electron chi connectivity index (χ1n) is 22.3. The fourth-order valence-corrected chi connectivity index (χ4v) is 9.60. The maximum atomic E-state index is 13.5. The lowest BCUT2D eigenvalue weighted by molar-refractivity contribution is -0.136. The van der Waals surface area contributed by atoms with Gasteiger partial charge >= 0.3 is 5.69 Å². The maximum absolute atomic E-state index is 13.5. The highest BCUT2D eigenvalue weighted by Gasteiger charge is 2.32. The van der Waals surface area contributed by atoms with Gasteiger partial charge in [0.2, 0.25) is 17.7 Å². The molecule has 3 aliphatic rings. The smallest absolute Gasteiger partial charge is 0.329 e. The zero-order valence-electron chi connectivity index (χ0n) is 37.3. The van der Waals surface area contributed by atoms with Crippen LogP contribution in [0.15, 0.2) is 90.0 Å². The van der Waals surface area contributed by atoms with Gasteiger partial charge in [0.25, 0.3) is 5.91 Å². The number of amides is 4. The van der Waals surface area contributed by atoms with Gasteiger partial charge in [0, 0.05) is 109 Å². The standard InChI is InChI=1S/C49H54N10O6/c1-53(2)48(63)34-11-10-33-27-36(35-8-6-19-57(31-35)45(61)17-21-58-22-18-50-52-58)29-40(39(33)28-34)38-13-12-37(30-43(38)65-4)56-25-23-55(24-26-56)20-16-32-7-5-9-41-46(32)54(3)49(64)59(41)42-14-15-44(60)51-47(42)62/h5,7-13,18,22,27-30,42H,6,14-17,19-21,23-26,31H2,1-4H3,(H,51,60,62). The highest BCUT2D eigenvalue weighted by Crippen LogP contribution is 2.40. The number of aromatic nitrogens is 5. The largest absolute Gasteiger partial charge is 0.496 e. The van der Waals surface area contributed by atoms with E-state index in [1.807, 2.05) is 41.3 Å². The Morgan fingerprint density at radius 3 is 2.51 bits per heavy atom. The summed E-state index contributed by atoms with van der Waals surface area (Å²) in [5, 5.41) is 12.2. The molecule has 16 heteroatoms. The number of carbonyl (C=O) groups is 4. The highest BCUT2D eigenvalue weighted by atomic mass is 16.5. The Hall–Kier alpha value is -7.07. The molecule has 9 rings (SSSR count). The van der Waals surface area contributed by atoms with Gasteiger partial charge in [-0.1, -0.05) is 29.5 Å². The molecule has 3 aliphatic heterocycles. The number of nitrogens with one attached hydrogen (secondary N) is 1. The number of carbonyl (C=O) groups excluding carboxylic acids is 4. The molecule has 2 fully saturated rings. The van der Waals surface area contributed by atoms with Gasteiger partial charge in [-0.2, -0.15) is 0 Å². The van der Waals surface area contributed by atoms with E-state index in [9.17, 15) is 24.0 Å². The molecule has 1 unspecified atom stereocenters. The van der Waals surface area contributed by atoms with E-state index in [1.165, 1.54) is 4.57 Å². The van der Waals surface area contributed by atoms with Crippen molar-refractivity contribution in [2.45, 2.75) is 44.7 Å². The molecule has 0 radical (unpaired) electrons. The van der Waals surface area contributed by atoms with Gasteiger partial charge in [-0.3, -0.25) is 43.2 Å². The number of para-hydroxylation sites is 1. The number of piperazine rings is 1. The van der Waals surface area contributed by atoms with Crippen molar-refractivity contribution in [2.75, 3.05) is 71.9 Å². The fraction of sp³-hybridized carbons (Fsp3) is 0.367. The van der Waals surface area contributed by atoms with E-state index in [0.29, 0.717) is 43.6 Å². The summed E-state index contributed by atoms with van der Waals surface area (Å²) in [5.74, 6) is -0.0351. The van der Waals surface area contributed by atoms with Gasteiger partial charge in [0.05, 0.1) is 30.9 Å². The highest BCUT2D eigenvalue weighted by molar-refractivity contribution is 6.05. The molecule has 5 heterocycles. The van der Waals surface area contributed by atoms with Crippen LogP contribution in [0.25, 0.3) is 38.5 Å². The SMILES string of the molecule is COc1cc(N2CCN(CCc3cccc4c3n(C)c(=O)n4C3CCC(=O)NC3=O)CC2)ccc1-c1cc(C2=CCCN(C(=O)CCn3ccnn3)C2)cc2ccc(C(=O)N(C)C)cc12. The Labute approximate surface area is 376 Å². The number of nitrogens with zero attached hydrogens (tertiary/aromatic N) is 9. The summed E-state index contributed by atoms with van der Waals surface area (Å²) in [4.78, 5) is 72.9. The van der Waals surface area contributed by atoms with Crippen LogP contribution in [0.5, 0.6) is 5.75 Å². The monoisotopic (exact) mass is 878 g/mol. The van der Waals surface area contributed by atoms with Crippen molar-refractivity contribution < 1.29 is 23.9 Å². The first kappa shape index (κ1) is 43.2. The van der Waals surface area contributed by atoms with Crippen LogP contribution in [-0.4, -0.2) is 129 Å². The van der Waals surface area contributed by atoms with Crippen LogP contribution < -0.4 is 20.6 Å². The van der Waals surface area contributed by atoms with E-state index in [0.717, 1.165) is 101 Å². The van der Waals surface area contributed by atoms with Crippen molar-refractivity contribution >= 4 is 56.7 Å². The molecule has 2 aromatic heterocycles. The number of fused-ring (bicyclic) bond motifs is 2. The molecule has 336 valence electrons. The summed E-state index contributed by atoms with van der Waals surface area (Å²) in [6, 6.07) is 21.6. The summed E-state index contributed by atoms with van der Waals surface area (Å²) >= 11 is 0. The Bertz CT molecular complexity index is 2910. The van der Waals surface area contributed by atoms with Gasteiger partial charge in [-0.05, 0) is 94.8 Å². The summed E-state index contributed by atoms with van der Waals surface area (Å²) in [5.41, 5.74) is 7.87. The summed E-state index contributed by atoms with van der Waals surface area (Å²) in [6.45, 7) is 5.75. The van der Waals surface area contributed by atoms with Gasteiger partial charge < -0.3 is 19.4 Å². The predicted octanol–water partition coefficient (Wildman–Crippen LogP) is 4.51. The molecule has 2 saturated heterocycles. The van der Waals surface area contributed by atoms with Gasteiger partial charge in [-0.15, -0.1) is 5.10 Å². The van der Waals surface area contributed by atoms with E-state index >= 15 is 0 Å². The molecular weight excluding hydrogens is 825 g/mol. The second kappa shape index (κ2) is 18.2. The van der Waals surface area contributed by atoms with Crippen molar-refractivity contribution in [3.63, 3.8) is 0 Å². The number of ether oxygens (including phenoxy) is 1. The van der Waals surface area contributed by atoms with Crippen LogP contribution >= 0.6 is 0 Å². The number of hydrogen-bond acceptors (Lipinski definition) is 10. The normalized spacial score (nSPS) is 17.1. The minimum absolute atomic E-state index is 0.0713. The molecule has 1 N–H and O–H groups in total. The number of rotatable bonds is 12. The van der Waals surface area contributed by atoms with Crippen molar-refractivity contribution in [1.82, 2.24) is 44.1 Å². The van der Waals surface area contributed by atoms with E-state index < -0.39 is 11.9 Å². The number of benzene rings is 4. The first-order valence-corrected chi connectivity index (χ1v) is 22.3. The van der Waals surface area contributed by atoms with E-state index in [1.54, 1.807) is 54.8 Å². The summed E-state index contributed by atoms with van der Waals surface area (Å²) in [7, 11) is 6.94. The number of hydrogen-bond donors (Lipinski definition) is 1. The molecule has 16 nitrogen and oxygen atoms in total. The van der Waals surface area contributed by atoms with Crippen LogP contribution in [-0.2, 0) is 34.4 Å². The topological polar surface area (TPSA) is 160 Å². The molecule has 4 amide bonds. The molecule has 6 aromatic rings. The number of aryl methyl sites for hydroxylation is 2. The second-order valence-electron chi connectivity index (χ2n) is 17.3. The minimum atomic E-state index is -0.720. The number of anilines is 1. The predicted molar refractivity (Wildman–Crippen MR) is 249 cm³/mol. The summed E-state index contributed by atoms with van der Waals surface area (Å²) in [6.07, 6.45) is 7.91. The van der Waals surface area contributed by atoms with Crippen LogP contribution in [0.3, 0.4) is 0 Å². The van der Waals surface area contributed by atoms with Gasteiger partial charge in [0.1, 0.15) is 11.8 Å². The van der Waals surface area contributed by atoms with Gasteiger partial charge in [0.15, 0.2) is 0 Å². The zero-order valence-corrected chi connectivity index (χ0v) is 37.3. The Balaban J connectivity index is 0.930. The molecule has 4 aromatic carbocycles. The first-order chi connectivity index (χ1) is 31.5. The number of imidazole rings is 1. The Morgan fingerprint density at radius 2 is 1.75 bits per heavy atom. The lowest BCUT2D eigenvalue weighted by Gasteiger charge is -2.36. The Kier molecular flexibility index (Phi) is 12.1. The molecule has 0 aliphatic carbocycles. The van der Waals surface area contributed by atoms with E-state index in [-0.39, 0.29) is 29.8 Å². The third-order valence-electron chi connectivity index (χ3n) is 13.1. The van der Waals surface area contributed by atoms with Gasteiger partial charge in [-0.25, -0.2) is 4.79 Å². The third kappa shape index (κ3) is 8.65. The van der Waals surface area contributed by atoms with Crippen LogP contribution in [0.2, 0.25) is 0 Å². The molecule has 65 heavy (non-hydrogen) atoms. The van der Waals surface area contributed by atoms with Crippen molar-refractivity contribution in [3.05, 3.63) is 112 Å². The van der Waals surface area contributed by atoms with Crippen molar-refractivity contribution in [3.8, 4) is 16.9 Å². The minimum Gasteiger partial charge on any atom is -0.496 e. The van der Waals surface area contributed by atoms with E-state index in [2.05, 4.69) is 61.8 Å². The van der Waals surface area contributed by atoms with Crippen molar-refractivity contribution in [1.29, 1.82) is 0 Å². The molecule has 1 atom stereocenters. The maximum Gasteiger partial charge on any atom is 0.329 e. The number of imide groups is 1. The van der Waals surface area contributed by atoms with Crippen LogP contribution in [0.4, 0.5) is 5.69 Å². The molecule has 0 spiro atoms. The van der Waals surface area contributed by atoms with E-state index in [4.69, 9.17) is 4.74 Å². The zero-order chi connectivity index (χ0) is 45.4. The lowest BCUT2D eigenvalue weighted by Crippen LogP contribution is -2.47. The second-order valence-corrected chi connectivity index (χ2v) is 17.3. The number of piperidine rings is 1. The average molecular weight is 879 g/mol. The third-order valence-corrected chi connectivity index (χ3v) is 13.1. The molecular formula is C49H54N10O6. The lowest BCUT2D eigenvalue weighted by atomic mass is 9.90. The summed E-state index contributed by atoms with van der Waals surface area (Å²) < 4.78 is 11.0. The fourth-order valence-electron chi connectivity index (χ4n) is 9.60. The Morgan fingerprint density at radius 1 is 0.923 bits per heavy atom. The van der Waals surface area contributed by atoms with Crippen LogP contribution in [0, 0.1) is 0 Å². The van der Waals surface area contributed by atoms with Crippen molar-refractivity contribution in [2.24, 2.45) is 7.05 Å². The molecule has 0 saturated carbocycles.